The minimum Gasteiger partial charge on any atom is -0.320 e. The zero-order valence-electron chi connectivity index (χ0n) is 18.4. The number of nitrogens with one attached hydrogen (secondary N) is 2. The number of hydrogen-bond acceptors (Lipinski definition) is 7. The molecule has 1 aromatic carbocycles. The molecule has 0 atom stereocenters. The number of nitriles is 1. The predicted molar refractivity (Wildman–Crippen MR) is 120 cm³/mol. The van der Waals surface area contributed by atoms with Crippen LogP contribution in [-0.2, 0) is 0 Å². The van der Waals surface area contributed by atoms with Gasteiger partial charge in [0.2, 0.25) is 0 Å². The molecule has 34 heavy (non-hydrogen) atoms. The Morgan fingerprint density at radius 1 is 1.21 bits per heavy atom. The fraction of sp³-hybridized carbons (Fsp3) is 0.261. The quantitative estimate of drug-likeness (QED) is 0.430. The van der Waals surface area contributed by atoms with Crippen molar-refractivity contribution in [1.82, 2.24) is 15.5 Å². The molecule has 0 amide bonds. The van der Waals surface area contributed by atoms with Crippen LogP contribution in [0.2, 0.25) is 0 Å². The van der Waals surface area contributed by atoms with Crippen LogP contribution in [0.25, 0.3) is 10.8 Å². The first-order chi connectivity index (χ1) is 16.1. The molecule has 0 unspecified atom stereocenters. The van der Waals surface area contributed by atoms with Crippen LogP contribution >= 0.6 is 0 Å². The number of fused-ring (bicyclic) bond motifs is 3. The van der Waals surface area contributed by atoms with Gasteiger partial charge in [-0.15, -0.1) is 5.53 Å². The van der Waals surface area contributed by atoms with Crippen molar-refractivity contribution < 1.29 is 17.6 Å². The Labute approximate surface area is 193 Å². The van der Waals surface area contributed by atoms with Crippen LogP contribution in [0.1, 0.15) is 19.4 Å². The van der Waals surface area contributed by atoms with Crippen molar-refractivity contribution in [1.29, 1.82) is 5.26 Å². The van der Waals surface area contributed by atoms with Crippen molar-refractivity contribution in [3.63, 3.8) is 0 Å². The molecule has 174 valence electrons. The Morgan fingerprint density at radius 3 is 2.68 bits per heavy atom. The number of alkyl halides is 2. The highest BCUT2D eigenvalue weighted by Gasteiger charge is 2.28. The van der Waals surface area contributed by atoms with Crippen molar-refractivity contribution in [2.75, 3.05) is 28.9 Å². The van der Waals surface area contributed by atoms with E-state index < -0.39 is 30.0 Å². The Kier molecular flexibility index (Phi) is 5.90. The first kappa shape index (κ1) is 23.1. The summed E-state index contributed by atoms with van der Waals surface area (Å²) in [5.41, 5.74) is 5.26. The van der Waals surface area contributed by atoms with Gasteiger partial charge < -0.3 is 4.90 Å². The predicted octanol–water partition coefficient (Wildman–Crippen LogP) is 4.49. The normalized spacial score (nSPS) is 12.7. The Bertz CT molecular complexity index is 1370. The third-order valence-electron chi connectivity index (χ3n) is 5.07. The standard InChI is InChI=1S/C23H19F4N7/c1-23(2,12-28)5-4-13-6-14(24)8-15(7-13)34(11-18(26)27)22-19-16(9-29-10-17(19)25)20-21(30-22)31-32-33(20)3/h6-10,18,32H,11H2,1-3H3,(H,30,31). The molecule has 7 nitrogen and oxygen atoms in total. The van der Waals surface area contributed by atoms with Crippen molar-refractivity contribution in [3.05, 3.63) is 47.8 Å². The summed E-state index contributed by atoms with van der Waals surface area (Å²) in [6.45, 7) is 2.31. The van der Waals surface area contributed by atoms with E-state index in [2.05, 4.69) is 32.8 Å². The van der Waals surface area contributed by atoms with Crippen LogP contribution in [0.4, 0.5) is 40.6 Å². The van der Waals surface area contributed by atoms with Gasteiger partial charge in [0.05, 0.1) is 24.2 Å². The van der Waals surface area contributed by atoms with Crippen LogP contribution in [0.3, 0.4) is 0 Å². The third-order valence-corrected chi connectivity index (χ3v) is 5.07. The second-order valence-corrected chi connectivity index (χ2v) is 8.16. The average Bonchev–Trinajstić information content (AvgIpc) is 3.16. The minimum absolute atomic E-state index is 0.00337. The van der Waals surface area contributed by atoms with Crippen LogP contribution in [-0.4, -0.2) is 30.0 Å². The van der Waals surface area contributed by atoms with Gasteiger partial charge in [-0.1, -0.05) is 11.8 Å². The summed E-state index contributed by atoms with van der Waals surface area (Å²) in [4.78, 5) is 9.32. The first-order valence-electron chi connectivity index (χ1n) is 10.1. The maximum atomic E-state index is 15.0. The molecule has 1 aliphatic heterocycles. The lowest BCUT2D eigenvalue weighted by atomic mass is 9.96. The topological polar surface area (TPSA) is 80.1 Å². The number of benzene rings is 1. The lowest BCUT2D eigenvalue weighted by molar-refractivity contribution is 0.158. The van der Waals surface area contributed by atoms with E-state index in [1.165, 1.54) is 12.3 Å². The van der Waals surface area contributed by atoms with Gasteiger partial charge in [0, 0.05) is 29.9 Å². The van der Waals surface area contributed by atoms with Gasteiger partial charge in [0.15, 0.2) is 11.6 Å². The second-order valence-electron chi connectivity index (χ2n) is 8.16. The summed E-state index contributed by atoms with van der Waals surface area (Å²) in [7, 11) is 1.67. The summed E-state index contributed by atoms with van der Waals surface area (Å²) in [5, 5.41) is 11.0. The maximum absolute atomic E-state index is 15.0. The molecule has 0 radical (unpaired) electrons. The fourth-order valence-corrected chi connectivity index (χ4v) is 3.51. The highest BCUT2D eigenvalue weighted by Crippen LogP contribution is 2.42. The van der Waals surface area contributed by atoms with Gasteiger partial charge in [0.1, 0.15) is 22.7 Å². The van der Waals surface area contributed by atoms with Crippen LogP contribution in [0.15, 0.2) is 30.6 Å². The highest BCUT2D eigenvalue weighted by atomic mass is 19.3. The number of aromatic nitrogens is 2. The van der Waals surface area contributed by atoms with Gasteiger partial charge in [-0.2, -0.15) is 5.26 Å². The molecule has 3 heterocycles. The lowest BCUT2D eigenvalue weighted by Gasteiger charge is -2.26. The summed E-state index contributed by atoms with van der Waals surface area (Å²) in [6, 6.07) is 5.58. The number of rotatable bonds is 4. The van der Waals surface area contributed by atoms with Gasteiger partial charge in [-0.05, 0) is 32.0 Å². The van der Waals surface area contributed by atoms with Gasteiger partial charge in [0.25, 0.3) is 6.43 Å². The minimum atomic E-state index is -2.85. The molecule has 0 aliphatic carbocycles. The van der Waals surface area contributed by atoms with Crippen molar-refractivity contribution in [3.8, 4) is 17.9 Å². The zero-order valence-corrected chi connectivity index (χ0v) is 18.4. The molecule has 0 spiro atoms. The molecule has 11 heteroatoms. The van der Waals surface area contributed by atoms with E-state index in [1.807, 2.05) is 6.07 Å². The number of anilines is 4. The zero-order chi connectivity index (χ0) is 24.6. The van der Waals surface area contributed by atoms with Crippen LogP contribution in [0, 0.1) is 40.2 Å². The molecule has 2 aromatic heterocycles. The van der Waals surface area contributed by atoms with Crippen molar-refractivity contribution >= 4 is 33.8 Å². The molecule has 2 N–H and O–H groups in total. The molecule has 0 fully saturated rings. The van der Waals surface area contributed by atoms with Gasteiger partial charge >= 0.3 is 0 Å². The summed E-state index contributed by atoms with van der Waals surface area (Å²) >= 11 is 0. The lowest BCUT2D eigenvalue weighted by Crippen LogP contribution is -2.31. The molecule has 1 aliphatic rings. The summed E-state index contributed by atoms with van der Waals surface area (Å²) < 4.78 is 56.9. The van der Waals surface area contributed by atoms with Crippen LogP contribution < -0.4 is 20.9 Å². The van der Waals surface area contributed by atoms with Gasteiger partial charge in [-0.3, -0.25) is 15.4 Å². The first-order valence-corrected chi connectivity index (χ1v) is 10.1. The van der Waals surface area contributed by atoms with Crippen LogP contribution in [0.5, 0.6) is 0 Å². The number of hydrogen-bond donors (Lipinski definition) is 2. The molecular formula is C23H19F4N7. The Morgan fingerprint density at radius 2 is 1.97 bits per heavy atom. The SMILES string of the molecule is CN1NNc2nc(N(CC(F)F)c3cc(F)cc(C#CC(C)(C)C#N)c3)c3c(F)cncc3c21. The highest BCUT2D eigenvalue weighted by molar-refractivity contribution is 6.06. The van der Waals surface area contributed by atoms with Crippen molar-refractivity contribution in [2.24, 2.45) is 5.41 Å². The van der Waals surface area contributed by atoms with E-state index in [4.69, 9.17) is 5.26 Å². The second kappa shape index (κ2) is 8.69. The Hall–Kier alpha value is -4.09. The smallest absolute Gasteiger partial charge is 0.256 e. The number of halogens is 4. The monoisotopic (exact) mass is 469 g/mol. The fourth-order valence-electron chi connectivity index (χ4n) is 3.51. The molecule has 4 rings (SSSR count). The average molecular weight is 469 g/mol. The van der Waals surface area contributed by atoms with E-state index in [-0.39, 0.29) is 28.3 Å². The van der Waals surface area contributed by atoms with E-state index in [0.29, 0.717) is 11.1 Å². The largest absolute Gasteiger partial charge is 0.320 e. The van der Waals surface area contributed by atoms with E-state index in [0.717, 1.165) is 23.2 Å². The van der Waals surface area contributed by atoms with E-state index >= 15 is 4.39 Å². The molecule has 3 aromatic rings. The molecular weight excluding hydrogens is 450 g/mol. The van der Waals surface area contributed by atoms with E-state index in [9.17, 15) is 13.2 Å². The maximum Gasteiger partial charge on any atom is 0.256 e. The number of hydrazine groups is 2. The summed E-state index contributed by atoms with van der Waals surface area (Å²) in [6.07, 6.45) is -0.484. The third kappa shape index (κ3) is 4.38. The number of pyridine rings is 2. The van der Waals surface area contributed by atoms with E-state index in [1.54, 1.807) is 25.9 Å². The summed E-state index contributed by atoms with van der Waals surface area (Å²) in [5.74, 6) is 4.06. The van der Waals surface area contributed by atoms with Gasteiger partial charge in [-0.25, -0.2) is 22.5 Å². The molecule has 0 saturated carbocycles. The van der Waals surface area contributed by atoms with Crippen molar-refractivity contribution in [2.45, 2.75) is 20.3 Å². The molecule has 0 saturated heterocycles. The molecule has 0 bridgehead atoms. The number of nitrogens with zero attached hydrogens (tertiary/aromatic N) is 5. The Balaban J connectivity index is 1.94.